The summed E-state index contributed by atoms with van der Waals surface area (Å²) in [4.78, 5) is 24.7. The molecule has 3 aromatic rings. The molecule has 0 aliphatic heterocycles. The molecule has 0 radical (unpaired) electrons. The number of hydrogen-bond donors (Lipinski definition) is 1. The molecule has 112 valence electrons. The van der Waals surface area contributed by atoms with Gasteiger partial charge >= 0.3 is 0 Å². The lowest BCUT2D eigenvalue weighted by Gasteiger charge is -2.06. The monoisotopic (exact) mass is 312 g/mol. The minimum absolute atomic E-state index is 0.133. The molecule has 22 heavy (non-hydrogen) atoms. The zero-order valence-electron chi connectivity index (χ0n) is 12.4. The minimum Gasteiger partial charge on any atom is -0.348 e. The number of carbonyl (C=O) groups excluding carboxylic acids is 1. The van der Waals surface area contributed by atoms with Crippen LogP contribution in [0.1, 0.15) is 21.5 Å². The lowest BCUT2D eigenvalue weighted by Crippen LogP contribution is -2.25. The van der Waals surface area contributed by atoms with E-state index in [1.807, 2.05) is 37.3 Å². The first-order valence-electron chi connectivity index (χ1n) is 6.97. The van der Waals surface area contributed by atoms with Crippen molar-refractivity contribution in [2.45, 2.75) is 13.5 Å². The second-order valence-electron chi connectivity index (χ2n) is 5.25. The number of pyridine rings is 1. The zero-order chi connectivity index (χ0) is 15.7. The van der Waals surface area contributed by atoms with Gasteiger partial charge in [-0.2, -0.15) is 0 Å². The molecule has 3 rings (SSSR count). The number of benzene rings is 1. The number of aromatic nitrogens is 1. The Morgan fingerprint density at radius 1 is 1.27 bits per heavy atom. The van der Waals surface area contributed by atoms with Gasteiger partial charge in [-0.1, -0.05) is 30.3 Å². The van der Waals surface area contributed by atoms with E-state index >= 15 is 0 Å². The van der Waals surface area contributed by atoms with Gasteiger partial charge in [0, 0.05) is 29.9 Å². The van der Waals surface area contributed by atoms with Gasteiger partial charge < -0.3 is 9.88 Å². The predicted molar refractivity (Wildman–Crippen MR) is 89.4 cm³/mol. The van der Waals surface area contributed by atoms with Gasteiger partial charge in [0.05, 0.1) is 10.9 Å². The van der Waals surface area contributed by atoms with E-state index in [1.54, 1.807) is 18.6 Å². The van der Waals surface area contributed by atoms with Crippen LogP contribution in [0.3, 0.4) is 0 Å². The van der Waals surface area contributed by atoms with Crippen LogP contribution >= 0.6 is 11.3 Å². The number of rotatable bonds is 3. The summed E-state index contributed by atoms with van der Waals surface area (Å²) in [6.45, 7) is 2.40. The second kappa shape index (κ2) is 5.77. The average molecular weight is 312 g/mol. The third kappa shape index (κ3) is 2.55. The van der Waals surface area contributed by atoms with Gasteiger partial charge in [0.2, 0.25) is 0 Å². The van der Waals surface area contributed by atoms with Crippen molar-refractivity contribution in [2.24, 2.45) is 7.05 Å². The molecule has 1 aromatic carbocycles. The van der Waals surface area contributed by atoms with Crippen molar-refractivity contribution in [3.8, 4) is 0 Å². The molecule has 1 amide bonds. The summed E-state index contributed by atoms with van der Waals surface area (Å²) in [5.41, 5.74) is 2.36. The van der Waals surface area contributed by atoms with Gasteiger partial charge in [-0.05, 0) is 18.1 Å². The summed E-state index contributed by atoms with van der Waals surface area (Å²) in [6, 6.07) is 9.70. The maximum atomic E-state index is 12.4. The highest BCUT2D eigenvalue weighted by Gasteiger charge is 2.17. The van der Waals surface area contributed by atoms with Gasteiger partial charge in [0.1, 0.15) is 0 Å². The van der Waals surface area contributed by atoms with Crippen LogP contribution in [0.25, 0.3) is 10.1 Å². The second-order valence-corrected chi connectivity index (χ2v) is 6.13. The van der Waals surface area contributed by atoms with Crippen molar-refractivity contribution >= 4 is 27.3 Å². The van der Waals surface area contributed by atoms with E-state index < -0.39 is 0 Å². The Morgan fingerprint density at radius 2 is 2.00 bits per heavy atom. The van der Waals surface area contributed by atoms with Crippen molar-refractivity contribution in [2.75, 3.05) is 0 Å². The van der Waals surface area contributed by atoms with Gasteiger partial charge in [0.15, 0.2) is 0 Å². The Hall–Kier alpha value is -2.40. The highest BCUT2D eigenvalue weighted by atomic mass is 32.1. The zero-order valence-corrected chi connectivity index (χ0v) is 13.2. The normalized spacial score (nSPS) is 10.8. The van der Waals surface area contributed by atoms with Crippen LogP contribution in [0.15, 0.2) is 46.7 Å². The molecule has 0 aliphatic rings. The summed E-state index contributed by atoms with van der Waals surface area (Å²) in [5, 5.41) is 5.15. The molecule has 2 aromatic heterocycles. The maximum Gasteiger partial charge on any atom is 0.259 e. The minimum atomic E-state index is -0.210. The number of carbonyl (C=O) groups is 1. The predicted octanol–water partition coefficient (Wildman–Crippen LogP) is 2.84. The van der Waals surface area contributed by atoms with E-state index in [0.29, 0.717) is 17.5 Å². The summed E-state index contributed by atoms with van der Waals surface area (Å²) < 4.78 is 2.41. The Morgan fingerprint density at radius 3 is 2.73 bits per heavy atom. The molecule has 0 unspecified atom stereocenters. The fraction of sp³-hybridized carbons (Fsp3) is 0.176. The van der Waals surface area contributed by atoms with Gasteiger partial charge in [0.25, 0.3) is 11.5 Å². The van der Waals surface area contributed by atoms with Crippen LogP contribution in [0.5, 0.6) is 0 Å². The first kappa shape index (κ1) is 14.5. The molecule has 5 heteroatoms. The summed E-state index contributed by atoms with van der Waals surface area (Å²) >= 11 is 1.44. The van der Waals surface area contributed by atoms with E-state index in [4.69, 9.17) is 0 Å². The number of fused-ring (bicyclic) bond motifs is 1. The van der Waals surface area contributed by atoms with Crippen molar-refractivity contribution in [1.29, 1.82) is 0 Å². The standard InChI is InChI=1S/C17H16N2O2S/c1-11-9-19(2)17(21)14-13(10-22-15(11)14)16(20)18-8-12-6-4-3-5-7-12/h3-7,9-10H,8H2,1-2H3,(H,18,20). The molecular formula is C17H16N2O2S. The smallest absolute Gasteiger partial charge is 0.259 e. The molecule has 0 bridgehead atoms. The Balaban J connectivity index is 1.93. The molecule has 1 N–H and O–H groups in total. The first-order chi connectivity index (χ1) is 10.6. The van der Waals surface area contributed by atoms with E-state index in [0.717, 1.165) is 15.8 Å². The lowest BCUT2D eigenvalue weighted by molar-refractivity contribution is 0.0953. The molecule has 0 fully saturated rings. The Kier molecular flexibility index (Phi) is 3.81. The highest BCUT2D eigenvalue weighted by Crippen LogP contribution is 2.25. The van der Waals surface area contributed by atoms with Crippen LogP contribution in [0.4, 0.5) is 0 Å². The molecule has 0 spiro atoms. The molecule has 0 saturated carbocycles. The van der Waals surface area contributed by atoms with E-state index in [-0.39, 0.29) is 11.5 Å². The maximum absolute atomic E-state index is 12.4. The van der Waals surface area contributed by atoms with Crippen LogP contribution in [-0.2, 0) is 13.6 Å². The topological polar surface area (TPSA) is 51.1 Å². The number of thiophene rings is 1. The van der Waals surface area contributed by atoms with Crippen LogP contribution in [-0.4, -0.2) is 10.5 Å². The summed E-state index contributed by atoms with van der Waals surface area (Å²) in [5.74, 6) is -0.210. The largest absolute Gasteiger partial charge is 0.348 e. The summed E-state index contributed by atoms with van der Waals surface area (Å²) in [7, 11) is 1.71. The fourth-order valence-corrected chi connectivity index (χ4v) is 3.50. The van der Waals surface area contributed by atoms with Crippen LogP contribution in [0.2, 0.25) is 0 Å². The van der Waals surface area contributed by atoms with Crippen molar-refractivity contribution in [3.05, 3.63) is 69.0 Å². The van der Waals surface area contributed by atoms with E-state index in [9.17, 15) is 9.59 Å². The third-order valence-electron chi connectivity index (χ3n) is 3.61. The van der Waals surface area contributed by atoms with Crippen molar-refractivity contribution < 1.29 is 4.79 Å². The van der Waals surface area contributed by atoms with Crippen molar-refractivity contribution in [3.63, 3.8) is 0 Å². The lowest BCUT2D eigenvalue weighted by atomic mass is 10.1. The number of amides is 1. The number of aryl methyl sites for hydroxylation is 2. The quantitative estimate of drug-likeness (QED) is 0.808. The first-order valence-corrected chi connectivity index (χ1v) is 7.85. The number of nitrogens with zero attached hydrogens (tertiary/aromatic N) is 1. The third-order valence-corrected chi connectivity index (χ3v) is 4.73. The van der Waals surface area contributed by atoms with Gasteiger partial charge in [-0.15, -0.1) is 11.3 Å². The average Bonchev–Trinajstić information content (AvgIpc) is 2.97. The highest BCUT2D eigenvalue weighted by molar-refractivity contribution is 7.17. The molecule has 2 heterocycles. The molecule has 0 saturated heterocycles. The van der Waals surface area contributed by atoms with Crippen molar-refractivity contribution in [1.82, 2.24) is 9.88 Å². The SMILES string of the molecule is Cc1cn(C)c(=O)c2c(C(=O)NCc3ccccc3)csc12. The van der Waals surface area contributed by atoms with Crippen LogP contribution in [0, 0.1) is 6.92 Å². The van der Waals surface area contributed by atoms with Gasteiger partial charge in [-0.3, -0.25) is 9.59 Å². The number of nitrogens with one attached hydrogen (secondary N) is 1. The van der Waals surface area contributed by atoms with E-state index in [1.165, 1.54) is 15.9 Å². The molecule has 0 atom stereocenters. The Labute approximate surface area is 132 Å². The molecule has 4 nitrogen and oxygen atoms in total. The molecule has 0 aliphatic carbocycles. The van der Waals surface area contributed by atoms with E-state index in [2.05, 4.69) is 5.32 Å². The Bertz CT molecular complexity index is 894. The number of hydrogen-bond acceptors (Lipinski definition) is 3. The fourth-order valence-electron chi connectivity index (χ4n) is 2.49. The molecular weight excluding hydrogens is 296 g/mol. The van der Waals surface area contributed by atoms with Gasteiger partial charge in [-0.25, -0.2) is 0 Å². The summed E-state index contributed by atoms with van der Waals surface area (Å²) in [6.07, 6.45) is 1.80. The van der Waals surface area contributed by atoms with Crippen LogP contribution < -0.4 is 10.9 Å².